The highest BCUT2D eigenvalue weighted by Gasteiger charge is 2.13. The van der Waals surface area contributed by atoms with Gasteiger partial charge >= 0.3 is 0 Å². The molecule has 1 unspecified atom stereocenters. The number of benzene rings is 1. The van der Waals surface area contributed by atoms with Gasteiger partial charge in [-0.1, -0.05) is 28.1 Å². The molecule has 0 bridgehead atoms. The molecule has 1 heterocycles. The van der Waals surface area contributed by atoms with Crippen molar-refractivity contribution in [3.63, 3.8) is 0 Å². The van der Waals surface area contributed by atoms with Gasteiger partial charge < -0.3 is 4.74 Å². The lowest BCUT2D eigenvalue weighted by atomic mass is 9.95. The second-order valence-electron chi connectivity index (χ2n) is 4.25. The van der Waals surface area contributed by atoms with Crippen LogP contribution >= 0.6 is 15.9 Å². The van der Waals surface area contributed by atoms with Gasteiger partial charge in [-0.25, -0.2) is 0 Å². The topological polar surface area (TPSA) is 9.23 Å². The van der Waals surface area contributed by atoms with E-state index in [-0.39, 0.29) is 0 Å². The molecule has 0 amide bonds. The van der Waals surface area contributed by atoms with Gasteiger partial charge in [0.2, 0.25) is 0 Å². The van der Waals surface area contributed by atoms with E-state index in [1.807, 2.05) is 0 Å². The molecule has 0 N–H and O–H groups in total. The standard InChI is InChI=1S/C13H17BrO/c14-13-7-5-11(6-8-13)3-4-12-2-1-9-15-10-12/h5-8,12H,1-4,9-10H2. The Kier molecular flexibility index (Phi) is 4.21. The number of ether oxygens (including phenoxy) is 1. The highest BCUT2D eigenvalue weighted by atomic mass is 79.9. The first-order valence-electron chi connectivity index (χ1n) is 5.67. The third-order valence-corrected chi connectivity index (χ3v) is 3.54. The van der Waals surface area contributed by atoms with Crippen molar-refractivity contribution in [3.8, 4) is 0 Å². The fourth-order valence-corrected chi connectivity index (χ4v) is 2.32. The van der Waals surface area contributed by atoms with E-state index in [9.17, 15) is 0 Å². The highest BCUT2D eigenvalue weighted by molar-refractivity contribution is 9.10. The monoisotopic (exact) mass is 268 g/mol. The summed E-state index contributed by atoms with van der Waals surface area (Å²) in [5.41, 5.74) is 1.43. The van der Waals surface area contributed by atoms with Crippen LogP contribution in [-0.2, 0) is 11.2 Å². The number of halogens is 1. The van der Waals surface area contributed by atoms with E-state index in [1.165, 1.54) is 31.2 Å². The fourth-order valence-electron chi connectivity index (χ4n) is 2.06. The number of hydrogen-bond acceptors (Lipinski definition) is 1. The van der Waals surface area contributed by atoms with E-state index < -0.39 is 0 Å². The SMILES string of the molecule is Brc1ccc(CCC2CCCOC2)cc1. The summed E-state index contributed by atoms with van der Waals surface area (Å²) in [7, 11) is 0. The Morgan fingerprint density at radius 3 is 2.73 bits per heavy atom. The van der Waals surface area contributed by atoms with Gasteiger partial charge in [-0.05, 0) is 49.3 Å². The van der Waals surface area contributed by atoms with Gasteiger partial charge in [-0.15, -0.1) is 0 Å². The lowest BCUT2D eigenvalue weighted by molar-refractivity contribution is 0.0518. The van der Waals surface area contributed by atoms with Crippen LogP contribution < -0.4 is 0 Å². The van der Waals surface area contributed by atoms with Gasteiger partial charge in [0.05, 0.1) is 0 Å². The first-order chi connectivity index (χ1) is 7.34. The number of hydrogen-bond donors (Lipinski definition) is 0. The van der Waals surface area contributed by atoms with Gasteiger partial charge in [-0.3, -0.25) is 0 Å². The molecule has 1 aromatic rings. The Morgan fingerprint density at radius 2 is 2.07 bits per heavy atom. The Bertz CT molecular complexity index is 288. The Labute approximate surface area is 100.0 Å². The third-order valence-electron chi connectivity index (χ3n) is 3.01. The molecule has 1 aromatic carbocycles. The van der Waals surface area contributed by atoms with Gasteiger partial charge in [0.15, 0.2) is 0 Å². The van der Waals surface area contributed by atoms with Gasteiger partial charge in [0.25, 0.3) is 0 Å². The van der Waals surface area contributed by atoms with Gasteiger partial charge in [0, 0.05) is 17.7 Å². The van der Waals surface area contributed by atoms with Crippen molar-refractivity contribution >= 4 is 15.9 Å². The van der Waals surface area contributed by atoms with Crippen LogP contribution in [0.3, 0.4) is 0 Å². The zero-order chi connectivity index (χ0) is 10.5. The first kappa shape index (κ1) is 11.2. The number of aryl methyl sites for hydroxylation is 1. The molecule has 0 aromatic heterocycles. The molecule has 1 aliphatic heterocycles. The van der Waals surface area contributed by atoms with Crippen molar-refractivity contribution in [3.05, 3.63) is 34.3 Å². The second-order valence-corrected chi connectivity index (χ2v) is 5.16. The summed E-state index contributed by atoms with van der Waals surface area (Å²) >= 11 is 3.45. The summed E-state index contributed by atoms with van der Waals surface area (Å²) in [5.74, 6) is 0.780. The van der Waals surface area contributed by atoms with Crippen molar-refractivity contribution in [2.45, 2.75) is 25.7 Å². The molecule has 0 aliphatic carbocycles. The quantitative estimate of drug-likeness (QED) is 0.810. The predicted octanol–water partition coefficient (Wildman–Crippen LogP) is 3.81. The summed E-state index contributed by atoms with van der Waals surface area (Å²) in [5, 5.41) is 0. The van der Waals surface area contributed by atoms with Crippen LogP contribution in [0.25, 0.3) is 0 Å². The molecule has 0 saturated carbocycles. The van der Waals surface area contributed by atoms with Crippen LogP contribution in [0.2, 0.25) is 0 Å². The minimum Gasteiger partial charge on any atom is -0.381 e. The summed E-state index contributed by atoms with van der Waals surface area (Å²) in [4.78, 5) is 0. The van der Waals surface area contributed by atoms with Crippen molar-refractivity contribution in [2.75, 3.05) is 13.2 Å². The molecular formula is C13H17BrO. The van der Waals surface area contributed by atoms with Crippen LogP contribution in [0.15, 0.2) is 28.7 Å². The largest absolute Gasteiger partial charge is 0.381 e. The maximum Gasteiger partial charge on any atom is 0.0494 e. The molecule has 0 radical (unpaired) electrons. The maximum atomic E-state index is 5.48. The fraction of sp³-hybridized carbons (Fsp3) is 0.538. The summed E-state index contributed by atoms with van der Waals surface area (Å²) in [6, 6.07) is 8.64. The van der Waals surface area contributed by atoms with E-state index in [2.05, 4.69) is 40.2 Å². The minimum absolute atomic E-state index is 0.780. The predicted molar refractivity (Wildman–Crippen MR) is 66.0 cm³/mol. The first-order valence-corrected chi connectivity index (χ1v) is 6.46. The van der Waals surface area contributed by atoms with Crippen LogP contribution in [0, 0.1) is 5.92 Å². The van der Waals surface area contributed by atoms with E-state index in [0.717, 1.165) is 23.6 Å². The smallest absolute Gasteiger partial charge is 0.0494 e. The second kappa shape index (κ2) is 5.66. The van der Waals surface area contributed by atoms with Crippen molar-refractivity contribution in [1.29, 1.82) is 0 Å². The molecule has 1 aliphatic rings. The van der Waals surface area contributed by atoms with Crippen LogP contribution in [0.4, 0.5) is 0 Å². The molecule has 1 saturated heterocycles. The maximum absolute atomic E-state index is 5.48. The average molecular weight is 269 g/mol. The molecule has 1 atom stereocenters. The molecule has 82 valence electrons. The normalized spacial score (nSPS) is 21.5. The zero-order valence-corrected chi connectivity index (χ0v) is 10.5. The lowest BCUT2D eigenvalue weighted by Crippen LogP contribution is -2.17. The minimum atomic E-state index is 0.780. The molecule has 15 heavy (non-hydrogen) atoms. The molecule has 0 spiro atoms. The molecular weight excluding hydrogens is 252 g/mol. The third kappa shape index (κ3) is 3.62. The summed E-state index contributed by atoms with van der Waals surface area (Å²) in [6.07, 6.45) is 5.03. The van der Waals surface area contributed by atoms with Gasteiger partial charge in [0.1, 0.15) is 0 Å². The van der Waals surface area contributed by atoms with E-state index >= 15 is 0 Å². The van der Waals surface area contributed by atoms with Crippen LogP contribution in [-0.4, -0.2) is 13.2 Å². The van der Waals surface area contributed by atoms with E-state index in [4.69, 9.17) is 4.74 Å². The average Bonchev–Trinajstić information content (AvgIpc) is 2.30. The van der Waals surface area contributed by atoms with Gasteiger partial charge in [-0.2, -0.15) is 0 Å². The Morgan fingerprint density at radius 1 is 1.27 bits per heavy atom. The molecule has 1 fully saturated rings. The molecule has 2 heteroatoms. The van der Waals surface area contributed by atoms with Crippen molar-refractivity contribution in [2.24, 2.45) is 5.92 Å². The molecule has 1 nitrogen and oxygen atoms in total. The number of rotatable bonds is 3. The van der Waals surface area contributed by atoms with E-state index in [1.54, 1.807) is 0 Å². The zero-order valence-electron chi connectivity index (χ0n) is 8.92. The summed E-state index contributed by atoms with van der Waals surface area (Å²) < 4.78 is 6.64. The van der Waals surface area contributed by atoms with Crippen molar-refractivity contribution in [1.82, 2.24) is 0 Å². The van der Waals surface area contributed by atoms with E-state index in [0.29, 0.717) is 0 Å². The lowest BCUT2D eigenvalue weighted by Gasteiger charge is -2.21. The summed E-state index contributed by atoms with van der Waals surface area (Å²) in [6.45, 7) is 1.94. The highest BCUT2D eigenvalue weighted by Crippen LogP contribution is 2.20. The van der Waals surface area contributed by atoms with Crippen molar-refractivity contribution < 1.29 is 4.74 Å². The Hall–Kier alpha value is -0.340. The van der Waals surface area contributed by atoms with Crippen LogP contribution in [0.5, 0.6) is 0 Å². The van der Waals surface area contributed by atoms with Crippen LogP contribution in [0.1, 0.15) is 24.8 Å². The Balaban J connectivity index is 1.79. The molecule has 2 rings (SSSR count).